The molecule has 1 atom stereocenters. The van der Waals surface area contributed by atoms with Crippen molar-refractivity contribution in [1.82, 2.24) is 0 Å². The largest absolute Gasteiger partial charge is 0.332 e. The van der Waals surface area contributed by atoms with Crippen LogP contribution in [0.1, 0.15) is 6.92 Å². The summed E-state index contributed by atoms with van der Waals surface area (Å²) in [5.41, 5.74) is 0. The molecule has 0 rings (SSSR count). The summed E-state index contributed by atoms with van der Waals surface area (Å²) in [5, 5.41) is 0. The van der Waals surface area contributed by atoms with Gasteiger partial charge in [-0.3, -0.25) is 9.69 Å². The summed E-state index contributed by atoms with van der Waals surface area (Å²) in [6, 6.07) is 0. The van der Waals surface area contributed by atoms with Crippen LogP contribution in [0.3, 0.4) is 0 Å². The van der Waals surface area contributed by atoms with Crippen LogP contribution in [0.15, 0.2) is 0 Å². The third kappa shape index (κ3) is 2.58. The molecule has 0 saturated heterocycles. The first-order valence-corrected chi connectivity index (χ1v) is 3.87. The Labute approximate surface area is 68.5 Å². The van der Waals surface area contributed by atoms with Crippen LogP contribution in [0.4, 0.5) is 0 Å². The maximum absolute atomic E-state index is 11.0. The maximum Gasteiger partial charge on any atom is 0.332 e. The van der Waals surface area contributed by atoms with E-state index in [1.165, 1.54) is 6.92 Å². The van der Waals surface area contributed by atoms with Crippen LogP contribution >= 0.6 is 15.9 Å². The van der Waals surface area contributed by atoms with Gasteiger partial charge in [-0.1, -0.05) is 15.9 Å². The number of carbonyl (C=O) groups excluding carboxylic acids is 2. The summed E-state index contributed by atoms with van der Waals surface area (Å²) in [6.45, 7) is 1.39. The second-order valence-electron chi connectivity index (χ2n) is 2.34. The van der Waals surface area contributed by atoms with E-state index in [-0.39, 0.29) is 11.7 Å². The summed E-state index contributed by atoms with van der Waals surface area (Å²) < 4.78 is 0. The number of hydrogen-bond donors (Lipinski definition) is 1. The van der Waals surface area contributed by atoms with E-state index >= 15 is 0 Å². The Morgan fingerprint density at radius 1 is 1.40 bits per heavy atom. The first kappa shape index (κ1) is 9.78. The first-order valence-electron chi connectivity index (χ1n) is 2.95. The number of amides is 1. The van der Waals surface area contributed by atoms with Crippen molar-refractivity contribution in [2.45, 2.75) is 11.8 Å². The monoisotopic (exact) mass is 208 g/mol. The molecule has 1 amide bonds. The zero-order valence-corrected chi connectivity index (χ0v) is 7.86. The lowest BCUT2D eigenvalue weighted by molar-refractivity contribution is -0.774. The van der Waals surface area contributed by atoms with Crippen LogP contribution in [0, 0.1) is 0 Å². The molecule has 0 heterocycles. The van der Waals surface area contributed by atoms with E-state index in [9.17, 15) is 9.59 Å². The van der Waals surface area contributed by atoms with Gasteiger partial charge in [-0.25, -0.2) is 4.79 Å². The molecule has 0 aliphatic heterocycles. The van der Waals surface area contributed by atoms with Gasteiger partial charge in [-0.05, 0) is 6.92 Å². The fourth-order valence-corrected chi connectivity index (χ4v) is 0.896. The minimum Gasteiger partial charge on any atom is -0.298 e. The van der Waals surface area contributed by atoms with Crippen molar-refractivity contribution >= 4 is 27.6 Å². The molecular formula is C6H11BrNO2+. The van der Waals surface area contributed by atoms with Crippen molar-refractivity contribution in [3.63, 3.8) is 0 Å². The van der Waals surface area contributed by atoms with Gasteiger partial charge in [0.15, 0.2) is 10.6 Å². The van der Waals surface area contributed by atoms with Crippen molar-refractivity contribution in [3.05, 3.63) is 0 Å². The predicted octanol–water partition coefficient (Wildman–Crippen LogP) is -0.990. The van der Waals surface area contributed by atoms with Crippen LogP contribution in [-0.2, 0) is 9.59 Å². The Bertz CT molecular complexity index is 156. The van der Waals surface area contributed by atoms with Gasteiger partial charge in [0.05, 0.1) is 14.1 Å². The maximum atomic E-state index is 11.0. The van der Waals surface area contributed by atoms with Crippen molar-refractivity contribution in [3.8, 4) is 0 Å². The normalized spacial score (nSPS) is 13.3. The van der Waals surface area contributed by atoms with Crippen LogP contribution < -0.4 is 4.90 Å². The fourth-order valence-electron chi connectivity index (χ4n) is 0.438. The van der Waals surface area contributed by atoms with Gasteiger partial charge in [-0.15, -0.1) is 0 Å². The molecule has 0 radical (unpaired) electrons. The number of quaternary nitrogens is 1. The van der Waals surface area contributed by atoms with Gasteiger partial charge in [0.25, 0.3) is 0 Å². The molecule has 0 aromatic heterocycles. The minimum atomic E-state index is -0.641. The average Bonchev–Trinajstić information content (AvgIpc) is 1.84. The lowest BCUT2D eigenvalue weighted by atomic mass is 10.3. The van der Waals surface area contributed by atoms with Gasteiger partial charge in [-0.2, -0.15) is 0 Å². The van der Waals surface area contributed by atoms with Crippen LogP contribution in [0.25, 0.3) is 0 Å². The Morgan fingerprint density at radius 2 is 1.80 bits per heavy atom. The van der Waals surface area contributed by atoms with E-state index in [0.717, 1.165) is 0 Å². The number of carbonyl (C=O) groups is 2. The molecule has 0 aromatic rings. The van der Waals surface area contributed by atoms with E-state index in [1.807, 2.05) is 0 Å². The Kier molecular flexibility index (Phi) is 3.75. The highest BCUT2D eigenvalue weighted by Crippen LogP contribution is 1.97. The van der Waals surface area contributed by atoms with Crippen molar-refractivity contribution < 1.29 is 14.5 Å². The molecule has 1 N–H and O–H groups in total. The number of nitrogens with one attached hydrogen (secondary N) is 1. The molecule has 0 spiro atoms. The number of alkyl halides is 1. The highest BCUT2D eigenvalue weighted by atomic mass is 79.9. The quantitative estimate of drug-likeness (QED) is 0.468. The van der Waals surface area contributed by atoms with E-state index < -0.39 is 4.83 Å². The van der Waals surface area contributed by atoms with Crippen LogP contribution in [0.2, 0.25) is 0 Å². The second-order valence-corrected chi connectivity index (χ2v) is 3.25. The fraction of sp³-hybridized carbons (Fsp3) is 0.667. The SMILES string of the molecule is CC(=O)C(Br)C(=O)[NH+](C)C. The topological polar surface area (TPSA) is 38.6 Å². The molecule has 58 valence electrons. The second kappa shape index (κ2) is 3.83. The van der Waals surface area contributed by atoms with Gasteiger partial charge in [0.2, 0.25) is 0 Å². The molecule has 0 bridgehead atoms. The minimum absolute atomic E-state index is 0.132. The Morgan fingerprint density at radius 3 is 1.90 bits per heavy atom. The van der Waals surface area contributed by atoms with E-state index in [0.29, 0.717) is 4.90 Å². The smallest absolute Gasteiger partial charge is 0.298 e. The van der Waals surface area contributed by atoms with Crippen LogP contribution in [-0.4, -0.2) is 30.6 Å². The molecule has 0 aromatic carbocycles. The average molecular weight is 209 g/mol. The van der Waals surface area contributed by atoms with E-state index in [4.69, 9.17) is 0 Å². The molecule has 0 saturated carbocycles. The third-order valence-electron chi connectivity index (χ3n) is 1.08. The highest BCUT2D eigenvalue weighted by Gasteiger charge is 2.25. The highest BCUT2D eigenvalue weighted by molar-refractivity contribution is 9.10. The summed E-state index contributed by atoms with van der Waals surface area (Å²) in [5.74, 6) is -0.279. The first-order chi connectivity index (χ1) is 4.46. The summed E-state index contributed by atoms with van der Waals surface area (Å²) in [4.78, 5) is 21.6. The lowest BCUT2D eigenvalue weighted by Crippen LogP contribution is -3.10. The molecule has 3 nitrogen and oxygen atoms in total. The summed E-state index contributed by atoms with van der Waals surface area (Å²) >= 11 is 2.99. The molecule has 0 aliphatic rings. The molecule has 1 unspecified atom stereocenters. The van der Waals surface area contributed by atoms with E-state index in [2.05, 4.69) is 15.9 Å². The third-order valence-corrected chi connectivity index (χ3v) is 2.14. The van der Waals surface area contributed by atoms with Crippen molar-refractivity contribution in [1.29, 1.82) is 0 Å². The number of ketones is 1. The standard InChI is InChI=1S/C6H10BrNO2/c1-4(9)5(7)6(10)8(2)3/h5H,1-3H3/p+1. The van der Waals surface area contributed by atoms with Gasteiger partial charge in [0.1, 0.15) is 0 Å². The number of hydrogen-bond acceptors (Lipinski definition) is 2. The van der Waals surface area contributed by atoms with Crippen LogP contribution in [0.5, 0.6) is 0 Å². The zero-order chi connectivity index (χ0) is 8.31. The summed E-state index contributed by atoms with van der Waals surface area (Å²) in [6.07, 6.45) is 0. The number of halogens is 1. The summed E-state index contributed by atoms with van der Waals surface area (Å²) in [7, 11) is 3.39. The van der Waals surface area contributed by atoms with Gasteiger partial charge < -0.3 is 0 Å². The zero-order valence-electron chi connectivity index (χ0n) is 6.27. The molecular weight excluding hydrogens is 198 g/mol. The van der Waals surface area contributed by atoms with Crippen molar-refractivity contribution in [2.75, 3.05) is 14.1 Å². The van der Waals surface area contributed by atoms with Gasteiger partial charge in [0, 0.05) is 0 Å². The molecule has 4 heteroatoms. The lowest BCUT2D eigenvalue weighted by Gasteiger charge is -2.06. The number of rotatable bonds is 2. The predicted molar refractivity (Wildman–Crippen MR) is 41.2 cm³/mol. The Balaban J connectivity index is 4.08. The molecule has 0 fully saturated rings. The molecule has 10 heavy (non-hydrogen) atoms. The van der Waals surface area contributed by atoms with Crippen molar-refractivity contribution in [2.24, 2.45) is 0 Å². The number of Topliss-reactive ketones (excluding diaryl/α,β-unsaturated/α-hetero) is 1. The van der Waals surface area contributed by atoms with Gasteiger partial charge >= 0.3 is 5.91 Å². The molecule has 0 aliphatic carbocycles. The van der Waals surface area contributed by atoms with E-state index in [1.54, 1.807) is 14.1 Å². The Hall–Kier alpha value is -0.220.